The van der Waals surface area contributed by atoms with Gasteiger partial charge < -0.3 is 15.2 Å². The van der Waals surface area contributed by atoms with E-state index in [9.17, 15) is 8.78 Å². The lowest BCUT2D eigenvalue weighted by Crippen LogP contribution is -2.34. The van der Waals surface area contributed by atoms with Crippen molar-refractivity contribution >= 4 is 0 Å². The predicted molar refractivity (Wildman–Crippen MR) is 79.0 cm³/mol. The van der Waals surface area contributed by atoms with E-state index in [1.54, 1.807) is 12.1 Å². The topological polar surface area (TPSA) is 47.7 Å². The summed E-state index contributed by atoms with van der Waals surface area (Å²) in [4.78, 5) is 2.22. The maximum absolute atomic E-state index is 12.5. The van der Waals surface area contributed by atoms with Gasteiger partial charge in [-0.05, 0) is 37.2 Å². The normalized spacial score (nSPS) is 12.8. The van der Waals surface area contributed by atoms with Crippen LogP contribution < -0.4 is 15.2 Å². The smallest absolute Gasteiger partial charge is 0.387 e. The molecule has 1 aromatic rings. The number of nitrogens with zero attached hydrogens (tertiary/aromatic N) is 1. The van der Waals surface area contributed by atoms with Gasteiger partial charge in [-0.1, -0.05) is 19.9 Å². The van der Waals surface area contributed by atoms with Crippen LogP contribution in [0.2, 0.25) is 0 Å². The van der Waals surface area contributed by atoms with Gasteiger partial charge in [0.1, 0.15) is 0 Å². The highest BCUT2D eigenvalue weighted by molar-refractivity contribution is 5.44. The molecule has 0 amide bonds. The van der Waals surface area contributed by atoms with Crippen LogP contribution in [-0.4, -0.2) is 38.3 Å². The molecule has 2 N–H and O–H groups in total. The van der Waals surface area contributed by atoms with E-state index < -0.39 is 6.61 Å². The maximum Gasteiger partial charge on any atom is 0.387 e. The largest absolute Gasteiger partial charge is 0.493 e. The molecular weight excluding hydrogens is 278 g/mol. The molecule has 0 saturated heterocycles. The van der Waals surface area contributed by atoms with Crippen LogP contribution in [0.5, 0.6) is 11.5 Å². The van der Waals surface area contributed by atoms with Gasteiger partial charge in [0.05, 0.1) is 7.11 Å². The maximum atomic E-state index is 12.5. The zero-order valence-electron chi connectivity index (χ0n) is 12.8. The SMILES string of the molecule is CCCN(CC)C(CN)c1ccc(OC)c(OC(F)F)c1. The Morgan fingerprint density at radius 3 is 2.43 bits per heavy atom. The first kappa shape index (κ1) is 17.7. The fourth-order valence-electron chi connectivity index (χ4n) is 2.41. The molecule has 0 saturated carbocycles. The molecule has 0 aromatic heterocycles. The number of hydrogen-bond acceptors (Lipinski definition) is 4. The van der Waals surface area contributed by atoms with Crippen LogP contribution in [0.3, 0.4) is 0 Å². The number of alkyl halides is 2. The molecule has 0 bridgehead atoms. The highest BCUT2D eigenvalue weighted by atomic mass is 19.3. The lowest BCUT2D eigenvalue weighted by molar-refractivity contribution is -0.0513. The molecule has 0 fully saturated rings. The number of likely N-dealkylation sites (N-methyl/N-ethyl adjacent to an activating group) is 1. The molecule has 0 aliphatic rings. The zero-order valence-corrected chi connectivity index (χ0v) is 12.8. The minimum Gasteiger partial charge on any atom is -0.493 e. The van der Waals surface area contributed by atoms with Gasteiger partial charge in [0.25, 0.3) is 0 Å². The van der Waals surface area contributed by atoms with Crippen molar-refractivity contribution in [1.82, 2.24) is 4.90 Å². The van der Waals surface area contributed by atoms with Gasteiger partial charge in [0.2, 0.25) is 0 Å². The van der Waals surface area contributed by atoms with Crippen molar-refractivity contribution in [2.24, 2.45) is 5.73 Å². The molecule has 0 aliphatic heterocycles. The van der Waals surface area contributed by atoms with Crippen molar-refractivity contribution in [1.29, 1.82) is 0 Å². The summed E-state index contributed by atoms with van der Waals surface area (Å²) in [7, 11) is 1.42. The Balaban J connectivity index is 3.09. The third-order valence-electron chi connectivity index (χ3n) is 3.37. The minimum absolute atomic E-state index is 0.0270. The second kappa shape index (κ2) is 8.79. The third kappa shape index (κ3) is 4.82. The fraction of sp³-hybridized carbons (Fsp3) is 0.600. The Bertz CT molecular complexity index is 430. The van der Waals surface area contributed by atoms with E-state index in [1.165, 1.54) is 7.11 Å². The summed E-state index contributed by atoms with van der Waals surface area (Å²) in [5, 5.41) is 0. The third-order valence-corrected chi connectivity index (χ3v) is 3.37. The lowest BCUT2D eigenvalue weighted by atomic mass is 10.0. The summed E-state index contributed by atoms with van der Waals surface area (Å²) in [6, 6.07) is 5.03. The number of hydrogen-bond donors (Lipinski definition) is 1. The van der Waals surface area contributed by atoms with Crippen LogP contribution in [0, 0.1) is 0 Å². The average Bonchev–Trinajstić information content (AvgIpc) is 2.46. The summed E-state index contributed by atoms with van der Waals surface area (Å²) in [6.45, 7) is 3.41. The Kier molecular flexibility index (Phi) is 7.39. The summed E-state index contributed by atoms with van der Waals surface area (Å²) in [6.07, 6.45) is 1.00. The number of rotatable bonds is 9. The van der Waals surface area contributed by atoms with Crippen molar-refractivity contribution < 1.29 is 18.3 Å². The van der Waals surface area contributed by atoms with E-state index in [2.05, 4.69) is 23.5 Å². The van der Waals surface area contributed by atoms with E-state index in [0.717, 1.165) is 25.1 Å². The van der Waals surface area contributed by atoms with Crippen LogP contribution in [0.25, 0.3) is 0 Å². The molecule has 120 valence electrons. The molecule has 1 atom stereocenters. The van der Waals surface area contributed by atoms with Gasteiger partial charge in [-0.15, -0.1) is 0 Å². The van der Waals surface area contributed by atoms with Gasteiger partial charge in [-0.2, -0.15) is 8.78 Å². The molecule has 1 aromatic carbocycles. The molecule has 0 aliphatic carbocycles. The summed E-state index contributed by atoms with van der Waals surface area (Å²) >= 11 is 0. The van der Waals surface area contributed by atoms with Gasteiger partial charge in [-0.3, -0.25) is 4.90 Å². The molecule has 0 spiro atoms. The number of ether oxygens (including phenoxy) is 2. The first-order valence-electron chi connectivity index (χ1n) is 7.14. The van der Waals surface area contributed by atoms with Gasteiger partial charge in [0, 0.05) is 12.6 Å². The summed E-state index contributed by atoms with van der Waals surface area (Å²) in [5.41, 5.74) is 6.72. The van der Waals surface area contributed by atoms with Crippen LogP contribution >= 0.6 is 0 Å². The Morgan fingerprint density at radius 2 is 1.95 bits per heavy atom. The van der Waals surface area contributed by atoms with Crippen LogP contribution in [0.4, 0.5) is 8.78 Å². The van der Waals surface area contributed by atoms with Crippen molar-refractivity contribution in [3.63, 3.8) is 0 Å². The predicted octanol–water partition coefficient (Wildman–Crippen LogP) is 3.03. The molecule has 0 radical (unpaired) electrons. The van der Waals surface area contributed by atoms with Crippen LogP contribution in [-0.2, 0) is 0 Å². The second-order valence-electron chi connectivity index (χ2n) is 4.67. The first-order valence-corrected chi connectivity index (χ1v) is 7.14. The monoisotopic (exact) mass is 302 g/mol. The quantitative estimate of drug-likeness (QED) is 0.761. The molecule has 6 heteroatoms. The average molecular weight is 302 g/mol. The molecule has 1 unspecified atom stereocenters. The fourth-order valence-corrected chi connectivity index (χ4v) is 2.41. The number of nitrogens with two attached hydrogens (primary N) is 1. The number of halogens is 2. The van der Waals surface area contributed by atoms with E-state index in [-0.39, 0.29) is 17.5 Å². The molecular formula is C15H24F2N2O2. The van der Waals surface area contributed by atoms with Gasteiger partial charge >= 0.3 is 6.61 Å². The standard InChI is InChI=1S/C15H24F2N2O2/c1-4-8-19(5-2)12(10-18)11-6-7-13(20-3)14(9-11)21-15(16)17/h6-7,9,12,15H,4-5,8,10,18H2,1-3H3. The Hall–Kier alpha value is -1.40. The summed E-state index contributed by atoms with van der Waals surface area (Å²) < 4.78 is 34.5. The zero-order chi connectivity index (χ0) is 15.8. The van der Waals surface area contributed by atoms with E-state index in [0.29, 0.717) is 6.54 Å². The molecule has 0 heterocycles. The van der Waals surface area contributed by atoms with Crippen molar-refractivity contribution in [2.45, 2.75) is 32.9 Å². The first-order chi connectivity index (χ1) is 10.1. The van der Waals surface area contributed by atoms with Crippen molar-refractivity contribution in [2.75, 3.05) is 26.7 Å². The lowest BCUT2D eigenvalue weighted by Gasteiger charge is -2.30. The molecule has 4 nitrogen and oxygen atoms in total. The van der Waals surface area contributed by atoms with Crippen molar-refractivity contribution in [3.8, 4) is 11.5 Å². The number of benzene rings is 1. The van der Waals surface area contributed by atoms with Crippen LogP contribution in [0.1, 0.15) is 31.9 Å². The van der Waals surface area contributed by atoms with Crippen LogP contribution in [0.15, 0.2) is 18.2 Å². The number of methoxy groups -OCH3 is 1. The highest BCUT2D eigenvalue weighted by Crippen LogP contribution is 2.33. The summed E-state index contributed by atoms with van der Waals surface area (Å²) in [5.74, 6) is 0.323. The molecule has 21 heavy (non-hydrogen) atoms. The van der Waals surface area contributed by atoms with Gasteiger partial charge in [-0.25, -0.2) is 0 Å². The van der Waals surface area contributed by atoms with E-state index in [4.69, 9.17) is 10.5 Å². The Labute approximate surface area is 124 Å². The Morgan fingerprint density at radius 1 is 1.24 bits per heavy atom. The van der Waals surface area contributed by atoms with Gasteiger partial charge in [0.15, 0.2) is 11.5 Å². The molecule has 1 rings (SSSR count). The van der Waals surface area contributed by atoms with E-state index in [1.807, 2.05) is 6.07 Å². The second-order valence-corrected chi connectivity index (χ2v) is 4.67. The van der Waals surface area contributed by atoms with E-state index >= 15 is 0 Å². The van der Waals surface area contributed by atoms with Crippen molar-refractivity contribution in [3.05, 3.63) is 23.8 Å². The minimum atomic E-state index is -2.89. The highest BCUT2D eigenvalue weighted by Gasteiger charge is 2.20.